The number of hydrogen-bond donors (Lipinski definition) is 1. The zero-order chi connectivity index (χ0) is 17.9. The summed E-state index contributed by atoms with van der Waals surface area (Å²) in [6, 6.07) is 11.7. The van der Waals surface area contributed by atoms with Gasteiger partial charge in [0, 0.05) is 5.38 Å². The van der Waals surface area contributed by atoms with Gasteiger partial charge in [0.05, 0.1) is 16.6 Å². The highest BCUT2D eigenvalue weighted by Crippen LogP contribution is 2.28. The standard InChI is InChI=1S/C18H15N5OS2/c1-12(13-4-6-14(7-5-13)23-11-19-10-20-23)21-17(24)15-9-26-18(22-15)16-3-2-8-25-16/h2-12H,1H3,(H,21,24)/t12-/m1/s1. The Morgan fingerprint density at radius 1 is 1.19 bits per heavy atom. The molecule has 0 fully saturated rings. The van der Waals surface area contributed by atoms with Crippen molar-refractivity contribution < 1.29 is 4.79 Å². The molecule has 1 N–H and O–H groups in total. The molecule has 0 aliphatic rings. The van der Waals surface area contributed by atoms with Gasteiger partial charge in [0.2, 0.25) is 0 Å². The van der Waals surface area contributed by atoms with Crippen LogP contribution in [0, 0.1) is 0 Å². The van der Waals surface area contributed by atoms with Crippen molar-refractivity contribution >= 4 is 28.6 Å². The summed E-state index contributed by atoms with van der Waals surface area (Å²) in [7, 11) is 0. The van der Waals surface area contributed by atoms with Crippen LogP contribution in [0.2, 0.25) is 0 Å². The summed E-state index contributed by atoms with van der Waals surface area (Å²) in [5, 5.41) is 11.8. The van der Waals surface area contributed by atoms with Crippen molar-refractivity contribution in [2.45, 2.75) is 13.0 Å². The van der Waals surface area contributed by atoms with E-state index in [4.69, 9.17) is 0 Å². The monoisotopic (exact) mass is 381 g/mol. The maximum Gasteiger partial charge on any atom is 0.271 e. The van der Waals surface area contributed by atoms with E-state index in [9.17, 15) is 4.79 Å². The summed E-state index contributed by atoms with van der Waals surface area (Å²) >= 11 is 3.10. The van der Waals surface area contributed by atoms with Gasteiger partial charge in [0.15, 0.2) is 0 Å². The van der Waals surface area contributed by atoms with E-state index < -0.39 is 0 Å². The minimum Gasteiger partial charge on any atom is -0.344 e. The van der Waals surface area contributed by atoms with Crippen LogP contribution in [0.4, 0.5) is 0 Å². The highest BCUT2D eigenvalue weighted by Gasteiger charge is 2.15. The summed E-state index contributed by atoms with van der Waals surface area (Å²) in [6.45, 7) is 1.95. The van der Waals surface area contributed by atoms with Crippen LogP contribution in [-0.4, -0.2) is 25.7 Å². The van der Waals surface area contributed by atoms with Gasteiger partial charge in [0.25, 0.3) is 5.91 Å². The first kappa shape index (κ1) is 16.6. The number of thiophene rings is 1. The van der Waals surface area contributed by atoms with E-state index in [1.165, 1.54) is 17.7 Å². The fourth-order valence-electron chi connectivity index (χ4n) is 2.50. The number of amides is 1. The first-order chi connectivity index (χ1) is 12.7. The molecule has 26 heavy (non-hydrogen) atoms. The van der Waals surface area contributed by atoms with E-state index in [-0.39, 0.29) is 11.9 Å². The average molecular weight is 381 g/mol. The van der Waals surface area contributed by atoms with Crippen molar-refractivity contribution in [1.82, 2.24) is 25.1 Å². The molecule has 1 atom stereocenters. The molecule has 0 bridgehead atoms. The predicted octanol–water partition coefficient (Wildman–Crippen LogP) is 3.94. The Kier molecular flexibility index (Phi) is 4.59. The van der Waals surface area contributed by atoms with Gasteiger partial charge in [-0.05, 0) is 36.1 Å². The van der Waals surface area contributed by atoms with Crippen LogP contribution in [0.3, 0.4) is 0 Å². The second-order valence-corrected chi connectivity index (χ2v) is 7.45. The van der Waals surface area contributed by atoms with Gasteiger partial charge < -0.3 is 5.32 Å². The molecule has 0 saturated carbocycles. The van der Waals surface area contributed by atoms with Gasteiger partial charge in [-0.2, -0.15) is 5.10 Å². The number of thiazole rings is 1. The van der Waals surface area contributed by atoms with Gasteiger partial charge in [0.1, 0.15) is 23.4 Å². The zero-order valence-electron chi connectivity index (χ0n) is 13.9. The Morgan fingerprint density at radius 3 is 2.73 bits per heavy atom. The van der Waals surface area contributed by atoms with Crippen LogP contribution in [0.5, 0.6) is 0 Å². The molecule has 0 unspecified atom stereocenters. The molecule has 3 heterocycles. The van der Waals surface area contributed by atoms with Crippen LogP contribution in [-0.2, 0) is 0 Å². The number of rotatable bonds is 5. The summed E-state index contributed by atoms with van der Waals surface area (Å²) in [5.41, 5.74) is 2.38. The molecular formula is C18H15N5OS2. The van der Waals surface area contributed by atoms with Gasteiger partial charge in [-0.15, -0.1) is 22.7 Å². The van der Waals surface area contributed by atoms with Crippen molar-refractivity contribution in [2.24, 2.45) is 0 Å². The maximum absolute atomic E-state index is 12.5. The third-order valence-electron chi connectivity index (χ3n) is 3.89. The molecule has 0 saturated heterocycles. The van der Waals surface area contributed by atoms with Crippen molar-refractivity contribution in [1.29, 1.82) is 0 Å². The molecule has 8 heteroatoms. The quantitative estimate of drug-likeness (QED) is 0.568. The number of carbonyl (C=O) groups excluding carboxylic acids is 1. The lowest BCUT2D eigenvalue weighted by Crippen LogP contribution is -2.26. The third-order valence-corrected chi connectivity index (χ3v) is 5.77. The highest BCUT2D eigenvalue weighted by molar-refractivity contribution is 7.20. The Bertz CT molecular complexity index is 991. The number of hydrogen-bond acceptors (Lipinski definition) is 6. The van der Waals surface area contributed by atoms with Crippen LogP contribution in [0.15, 0.2) is 59.8 Å². The maximum atomic E-state index is 12.5. The molecule has 1 aromatic carbocycles. The van der Waals surface area contributed by atoms with E-state index in [1.54, 1.807) is 27.7 Å². The van der Waals surface area contributed by atoms with Crippen LogP contribution in [0.1, 0.15) is 29.0 Å². The summed E-state index contributed by atoms with van der Waals surface area (Å²) in [6.07, 6.45) is 3.14. The topological polar surface area (TPSA) is 72.7 Å². The van der Waals surface area contributed by atoms with Crippen LogP contribution >= 0.6 is 22.7 Å². The number of benzene rings is 1. The number of nitrogens with one attached hydrogen (secondary N) is 1. The second-order valence-electron chi connectivity index (χ2n) is 5.64. The number of aromatic nitrogens is 4. The Labute approximate surface area is 158 Å². The van der Waals surface area contributed by atoms with Crippen molar-refractivity contribution in [3.05, 3.63) is 71.1 Å². The Hall–Kier alpha value is -2.84. The van der Waals surface area contributed by atoms with E-state index >= 15 is 0 Å². The van der Waals surface area contributed by atoms with Crippen LogP contribution < -0.4 is 5.32 Å². The lowest BCUT2D eigenvalue weighted by Gasteiger charge is -2.14. The third kappa shape index (κ3) is 3.42. The predicted molar refractivity (Wildman–Crippen MR) is 103 cm³/mol. The van der Waals surface area contributed by atoms with Gasteiger partial charge in [-0.25, -0.2) is 14.6 Å². The summed E-state index contributed by atoms with van der Waals surface area (Å²) in [5.74, 6) is -0.170. The van der Waals surface area contributed by atoms with Crippen molar-refractivity contribution in [3.63, 3.8) is 0 Å². The zero-order valence-corrected chi connectivity index (χ0v) is 15.5. The molecule has 0 spiro atoms. The molecule has 130 valence electrons. The molecule has 3 aromatic heterocycles. The average Bonchev–Trinajstić information content (AvgIpc) is 3.43. The summed E-state index contributed by atoms with van der Waals surface area (Å²) in [4.78, 5) is 21.9. The fraction of sp³-hybridized carbons (Fsp3) is 0.111. The number of carbonyl (C=O) groups is 1. The van der Waals surface area contributed by atoms with E-state index in [2.05, 4.69) is 20.4 Å². The van der Waals surface area contributed by atoms with E-state index in [0.29, 0.717) is 5.69 Å². The minimum absolute atomic E-state index is 0.126. The molecule has 1 amide bonds. The largest absolute Gasteiger partial charge is 0.344 e. The molecule has 0 aliphatic heterocycles. The first-order valence-corrected chi connectivity index (χ1v) is 9.72. The lowest BCUT2D eigenvalue weighted by atomic mass is 10.1. The van der Waals surface area contributed by atoms with Crippen molar-refractivity contribution in [3.8, 4) is 15.6 Å². The molecule has 0 radical (unpaired) electrons. The molecule has 4 aromatic rings. The Balaban J connectivity index is 1.44. The fourth-order valence-corrected chi connectivity index (χ4v) is 4.12. The first-order valence-electron chi connectivity index (χ1n) is 7.96. The SMILES string of the molecule is C[C@@H](NC(=O)c1csc(-c2cccs2)n1)c1ccc(-n2cncn2)cc1. The van der Waals surface area contributed by atoms with Gasteiger partial charge in [-0.3, -0.25) is 4.79 Å². The normalized spacial score (nSPS) is 12.0. The van der Waals surface area contributed by atoms with Crippen LogP contribution in [0.25, 0.3) is 15.6 Å². The Morgan fingerprint density at radius 2 is 2.04 bits per heavy atom. The second kappa shape index (κ2) is 7.19. The molecule has 6 nitrogen and oxygen atoms in total. The molecular weight excluding hydrogens is 366 g/mol. The smallest absolute Gasteiger partial charge is 0.271 e. The molecule has 0 aliphatic carbocycles. The molecule has 4 rings (SSSR count). The van der Waals surface area contributed by atoms with Gasteiger partial charge in [-0.1, -0.05) is 18.2 Å². The van der Waals surface area contributed by atoms with E-state index in [1.807, 2.05) is 48.7 Å². The number of nitrogens with zero attached hydrogens (tertiary/aromatic N) is 4. The minimum atomic E-state index is -0.170. The summed E-state index contributed by atoms with van der Waals surface area (Å²) < 4.78 is 1.69. The van der Waals surface area contributed by atoms with Gasteiger partial charge >= 0.3 is 0 Å². The van der Waals surface area contributed by atoms with Crippen molar-refractivity contribution in [2.75, 3.05) is 0 Å². The highest BCUT2D eigenvalue weighted by atomic mass is 32.1. The van der Waals surface area contributed by atoms with E-state index in [0.717, 1.165) is 21.1 Å². The lowest BCUT2D eigenvalue weighted by molar-refractivity contribution is 0.0935.